The Morgan fingerprint density at radius 3 is 2.24 bits per heavy atom. The molecule has 1 heterocycles. The van der Waals surface area contributed by atoms with E-state index in [9.17, 15) is 22.8 Å². The smallest absolute Gasteiger partial charge is 0.338 e. The summed E-state index contributed by atoms with van der Waals surface area (Å²) in [7, 11) is 0. The molecule has 0 aliphatic rings. The van der Waals surface area contributed by atoms with Gasteiger partial charge in [0.1, 0.15) is 5.82 Å². The number of aromatic amines is 1. The summed E-state index contributed by atoms with van der Waals surface area (Å²) < 4.78 is 39.2. The lowest BCUT2D eigenvalue weighted by molar-refractivity contribution is -0.137. The van der Waals surface area contributed by atoms with Crippen molar-refractivity contribution in [3.05, 3.63) is 102 Å². The Bertz CT molecular complexity index is 1660. The zero-order valence-corrected chi connectivity index (χ0v) is 20.1. The average molecular weight is 515 g/mol. The Kier molecular flexibility index (Phi) is 6.42. The van der Waals surface area contributed by atoms with Gasteiger partial charge in [-0.15, -0.1) is 0 Å². The summed E-state index contributed by atoms with van der Waals surface area (Å²) >= 11 is 0. The zero-order chi connectivity index (χ0) is 26.9. The third kappa shape index (κ3) is 5.41. The molecule has 0 aliphatic heterocycles. The second-order valence-electron chi connectivity index (χ2n) is 8.69. The van der Waals surface area contributed by atoms with Gasteiger partial charge in [-0.2, -0.15) is 13.2 Å². The summed E-state index contributed by atoms with van der Waals surface area (Å²) in [6.07, 6.45) is -4.43. The number of carbonyl (C=O) groups is 2. The van der Waals surface area contributed by atoms with Crippen molar-refractivity contribution in [1.29, 1.82) is 0 Å². The van der Waals surface area contributed by atoms with Gasteiger partial charge in [0.2, 0.25) is 5.91 Å². The number of alkyl halides is 3. The maximum absolute atomic E-state index is 13.1. The lowest BCUT2D eigenvalue weighted by Gasteiger charge is -2.09. The largest absolute Gasteiger partial charge is 0.416 e. The maximum atomic E-state index is 13.1. The minimum absolute atomic E-state index is 0.224. The third-order valence-electron chi connectivity index (χ3n) is 5.87. The first kappa shape index (κ1) is 24.8. The number of nitrogens with one attached hydrogen (secondary N) is 3. The zero-order valence-electron chi connectivity index (χ0n) is 20.1. The third-order valence-corrected chi connectivity index (χ3v) is 5.87. The lowest BCUT2D eigenvalue weighted by atomic mass is 10.0. The number of benzene rings is 4. The van der Waals surface area contributed by atoms with Crippen LogP contribution in [-0.2, 0) is 11.0 Å². The molecular weight excluding hydrogens is 493 g/mol. The van der Waals surface area contributed by atoms with E-state index >= 15 is 0 Å². The minimum Gasteiger partial charge on any atom is -0.338 e. The van der Waals surface area contributed by atoms with E-state index in [2.05, 4.69) is 20.6 Å². The van der Waals surface area contributed by atoms with Gasteiger partial charge < -0.3 is 15.6 Å². The molecule has 6 nitrogen and oxygen atoms in total. The van der Waals surface area contributed by atoms with Crippen molar-refractivity contribution in [3.8, 4) is 22.5 Å². The summed E-state index contributed by atoms with van der Waals surface area (Å²) in [4.78, 5) is 31.4. The average Bonchev–Trinajstić information content (AvgIpc) is 3.32. The molecule has 38 heavy (non-hydrogen) atoms. The summed E-state index contributed by atoms with van der Waals surface area (Å²) in [5.74, 6) is -0.0739. The van der Waals surface area contributed by atoms with E-state index in [0.717, 1.165) is 28.8 Å². The highest BCUT2D eigenvalue weighted by molar-refractivity contribution is 6.05. The normalized spacial score (nSPS) is 11.4. The number of carbonyl (C=O) groups excluding carboxylic acids is 2. The predicted molar refractivity (Wildman–Crippen MR) is 141 cm³/mol. The first-order chi connectivity index (χ1) is 18.2. The van der Waals surface area contributed by atoms with Crippen LogP contribution in [0.2, 0.25) is 0 Å². The number of nitrogens with zero attached hydrogens (tertiary/aromatic N) is 1. The molecule has 0 unspecified atom stereocenters. The Balaban J connectivity index is 1.34. The van der Waals surface area contributed by atoms with E-state index < -0.39 is 11.7 Å². The fraction of sp³-hybridized carbons (Fsp3) is 0.0690. The molecule has 5 rings (SSSR count). The van der Waals surface area contributed by atoms with Gasteiger partial charge in [-0.25, -0.2) is 4.98 Å². The van der Waals surface area contributed by atoms with Crippen molar-refractivity contribution in [3.63, 3.8) is 0 Å². The van der Waals surface area contributed by atoms with Crippen molar-refractivity contribution in [2.45, 2.75) is 13.1 Å². The molecule has 0 saturated heterocycles. The first-order valence-corrected chi connectivity index (χ1v) is 11.6. The van der Waals surface area contributed by atoms with E-state index in [-0.39, 0.29) is 11.8 Å². The maximum Gasteiger partial charge on any atom is 0.416 e. The molecule has 0 atom stereocenters. The van der Waals surface area contributed by atoms with Crippen molar-refractivity contribution in [2.24, 2.45) is 0 Å². The molecule has 9 heteroatoms. The Labute approximate surface area is 215 Å². The van der Waals surface area contributed by atoms with Gasteiger partial charge in [0.15, 0.2) is 0 Å². The van der Waals surface area contributed by atoms with Crippen LogP contribution in [-0.4, -0.2) is 21.8 Å². The SMILES string of the molecule is CC(=O)Nc1cccc(C(=O)Nc2ccc(-c3cccc(-c4nc5ccc(C(F)(F)F)cc5[nH]4)c3)cc2)c1. The lowest BCUT2D eigenvalue weighted by Crippen LogP contribution is -2.13. The van der Waals surface area contributed by atoms with Gasteiger partial charge in [0.25, 0.3) is 5.91 Å². The van der Waals surface area contributed by atoms with Crippen molar-refractivity contribution >= 4 is 34.2 Å². The quantitative estimate of drug-likeness (QED) is 0.233. The van der Waals surface area contributed by atoms with E-state index in [0.29, 0.717) is 33.8 Å². The molecule has 0 radical (unpaired) electrons. The topological polar surface area (TPSA) is 86.9 Å². The monoisotopic (exact) mass is 514 g/mol. The van der Waals surface area contributed by atoms with Crippen molar-refractivity contribution in [2.75, 3.05) is 10.6 Å². The number of anilines is 2. The fourth-order valence-corrected chi connectivity index (χ4v) is 4.06. The Morgan fingerprint density at radius 1 is 0.763 bits per heavy atom. The van der Waals surface area contributed by atoms with Crippen LogP contribution >= 0.6 is 0 Å². The van der Waals surface area contributed by atoms with E-state index in [1.54, 1.807) is 36.4 Å². The van der Waals surface area contributed by atoms with Crippen LogP contribution in [0.5, 0.6) is 0 Å². The fourth-order valence-electron chi connectivity index (χ4n) is 4.06. The van der Waals surface area contributed by atoms with Crippen molar-refractivity contribution in [1.82, 2.24) is 9.97 Å². The van der Waals surface area contributed by atoms with Gasteiger partial charge in [0.05, 0.1) is 16.6 Å². The number of amides is 2. The molecule has 0 fully saturated rings. The highest BCUT2D eigenvalue weighted by Crippen LogP contribution is 2.32. The van der Waals surface area contributed by atoms with Gasteiger partial charge in [0, 0.05) is 29.4 Å². The van der Waals surface area contributed by atoms with Crippen LogP contribution in [0.1, 0.15) is 22.8 Å². The molecule has 0 saturated carbocycles. The second-order valence-corrected chi connectivity index (χ2v) is 8.69. The van der Waals surface area contributed by atoms with Crippen LogP contribution < -0.4 is 10.6 Å². The van der Waals surface area contributed by atoms with Gasteiger partial charge in [-0.05, 0) is 65.7 Å². The molecule has 0 bridgehead atoms. The molecule has 190 valence electrons. The van der Waals surface area contributed by atoms with E-state index in [4.69, 9.17) is 0 Å². The van der Waals surface area contributed by atoms with E-state index in [1.165, 1.54) is 13.0 Å². The standard InChI is InChI=1S/C29H21F3N4O2/c1-17(37)33-24-7-3-6-21(15-24)28(38)34-23-11-8-18(9-12-23)19-4-2-5-20(14-19)27-35-25-13-10-22(29(30,31)32)16-26(25)36-27/h2-16H,1H3,(H,33,37)(H,34,38)(H,35,36). The number of rotatable bonds is 5. The van der Waals surface area contributed by atoms with Gasteiger partial charge in [-0.1, -0.05) is 36.4 Å². The van der Waals surface area contributed by atoms with E-state index in [1.807, 2.05) is 36.4 Å². The summed E-state index contributed by atoms with van der Waals surface area (Å²) in [5.41, 5.74) is 4.03. The number of hydrogen-bond donors (Lipinski definition) is 3. The molecule has 5 aromatic rings. The number of hydrogen-bond acceptors (Lipinski definition) is 3. The molecule has 2 amide bonds. The van der Waals surface area contributed by atoms with Crippen LogP contribution in [0.4, 0.5) is 24.5 Å². The molecule has 0 spiro atoms. The number of imidazole rings is 1. The second kappa shape index (κ2) is 9.85. The summed E-state index contributed by atoms with van der Waals surface area (Å²) in [6, 6.07) is 24.8. The molecular formula is C29H21F3N4O2. The van der Waals surface area contributed by atoms with Crippen LogP contribution in [0, 0.1) is 0 Å². The summed E-state index contributed by atoms with van der Waals surface area (Å²) in [6.45, 7) is 1.40. The number of H-pyrrole nitrogens is 1. The highest BCUT2D eigenvalue weighted by atomic mass is 19.4. The van der Waals surface area contributed by atoms with Crippen LogP contribution in [0.3, 0.4) is 0 Å². The molecule has 3 N–H and O–H groups in total. The Hall–Kier alpha value is -4.92. The van der Waals surface area contributed by atoms with Gasteiger partial charge in [-0.3, -0.25) is 9.59 Å². The van der Waals surface area contributed by atoms with Crippen LogP contribution in [0.25, 0.3) is 33.5 Å². The molecule has 4 aromatic carbocycles. The number of aromatic nitrogens is 2. The summed E-state index contributed by atoms with van der Waals surface area (Å²) in [5, 5.41) is 5.49. The molecule has 1 aromatic heterocycles. The van der Waals surface area contributed by atoms with Crippen molar-refractivity contribution < 1.29 is 22.8 Å². The highest BCUT2D eigenvalue weighted by Gasteiger charge is 2.30. The van der Waals surface area contributed by atoms with Crippen LogP contribution in [0.15, 0.2) is 91.0 Å². The first-order valence-electron chi connectivity index (χ1n) is 11.6. The number of halogens is 3. The number of fused-ring (bicyclic) bond motifs is 1. The Morgan fingerprint density at radius 2 is 1.50 bits per heavy atom. The molecule has 0 aliphatic carbocycles. The van der Waals surface area contributed by atoms with Gasteiger partial charge >= 0.3 is 6.18 Å². The minimum atomic E-state index is -4.43. The predicted octanol–water partition coefficient (Wildman–Crippen LogP) is 7.13.